The van der Waals surface area contributed by atoms with Crippen LogP contribution in [0.5, 0.6) is 0 Å². The van der Waals surface area contributed by atoms with E-state index in [4.69, 9.17) is 10.5 Å². The van der Waals surface area contributed by atoms with Crippen LogP contribution in [0.15, 0.2) is 18.2 Å². The minimum atomic E-state index is -0.346. The lowest BCUT2D eigenvalue weighted by molar-refractivity contribution is 0.0527. The van der Waals surface area contributed by atoms with Gasteiger partial charge < -0.3 is 15.8 Å². The highest BCUT2D eigenvalue weighted by atomic mass is 16.5. The number of esters is 1. The Hall–Kier alpha value is -1.71. The van der Waals surface area contributed by atoms with E-state index in [0.717, 1.165) is 12.2 Å². The van der Waals surface area contributed by atoms with Crippen LogP contribution in [0.4, 0.5) is 11.4 Å². The fourth-order valence-electron chi connectivity index (χ4n) is 1.45. The summed E-state index contributed by atoms with van der Waals surface area (Å²) in [5.41, 5.74) is 7.64. The van der Waals surface area contributed by atoms with Crippen molar-refractivity contribution in [3.63, 3.8) is 0 Å². The molecule has 3 N–H and O–H groups in total. The maximum atomic E-state index is 11.8. The number of nitrogens with two attached hydrogens (primary N) is 1. The second-order valence-corrected chi connectivity index (χ2v) is 5.44. The summed E-state index contributed by atoms with van der Waals surface area (Å²) in [5.74, 6) is -0.346. The number of ether oxygens (including phenoxy) is 1. The van der Waals surface area contributed by atoms with Crippen LogP contribution in [-0.2, 0) is 4.74 Å². The molecule has 4 nitrogen and oxygen atoms in total. The first kappa shape index (κ1) is 14.4. The van der Waals surface area contributed by atoms with E-state index in [0.29, 0.717) is 17.9 Å². The number of carbonyl (C=O) groups is 1. The first-order chi connectivity index (χ1) is 8.33. The molecule has 0 aliphatic rings. The minimum Gasteiger partial charge on any atom is -0.462 e. The van der Waals surface area contributed by atoms with Crippen LogP contribution >= 0.6 is 0 Å². The number of anilines is 2. The molecule has 1 aromatic rings. The second-order valence-electron chi connectivity index (χ2n) is 5.44. The summed E-state index contributed by atoms with van der Waals surface area (Å²) in [5, 5.41) is 3.26. The third kappa shape index (κ3) is 4.28. The van der Waals surface area contributed by atoms with Gasteiger partial charge >= 0.3 is 5.97 Å². The first-order valence-corrected chi connectivity index (χ1v) is 6.14. The predicted molar refractivity (Wildman–Crippen MR) is 74.8 cm³/mol. The first-order valence-electron chi connectivity index (χ1n) is 6.14. The van der Waals surface area contributed by atoms with E-state index in [1.54, 1.807) is 19.1 Å². The van der Waals surface area contributed by atoms with Gasteiger partial charge in [-0.05, 0) is 30.5 Å². The van der Waals surface area contributed by atoms with Crippen LogP contribution < -0.4 is 11.1 Å². The lowest BCUT2D eigenvalue weighted by atomic mass is 9.96. The van der Waals surface area contributed by atoms with E-state index in [1.807, 2.05) is 6.07 Å². The van der Waals surface area contributed by atoms with Crippen LogP contribution in [0.25, 0.3) is 0 Å². The molecule has 0 fully saturated rings. The highest BCUT2D eigenvalue weighted by molar-refractivity contribution is 5.96. The van der Waals surface area contributed by atoms with Crippen molar-refractivity contribution in [3.8, 4) is 0 Å². The predicted octanol–water partition coefficient (Wildman–Crippen LogP) is 2.90. The summed E-state index contributed by atoms with van der Waals surface area (Å²) in [4.78, 5) is 11.8. The Morgan fingerprint density at radius 2 is 2.06 bits per heavy atom. The van der Waals surface area contributed by atoms with Gasteiger partial charge in [-0.2, -0.15) is 0 Å². The van der Waals surface area contributed by atoms with Crippen molar-refractivity contribution in [3.05, 3.63) is 23.8 Å². The molecule has 0 unspecified atom stereocenters. The fraction of sp³-hybridized carbons (Fsp3) is 0.500. The molecule has 0 radical (unpaired) electrons. The normalized spacial score (nSPS) is 11.1. The van der Waals surface area contributed by atoms with Crippen molar-refractivity contribution in [2.75, 3.05) is 24.2 Å². The van der Waals surface area contributed by atoms with Crippen molar-refractivity contribution in [1.82, 2.24) is 0 Å². The van der Waals surface area contributed by atoms with Crippen LogP contribution in [0.1, 0.15) is 38.1 Å². The Morgan fingerprint density at radius 3 is 2.61 bits per heavy atom. The minimum absolute atomic E-state index is 0.132. The van der Waals surface area contributed by atoms with Gasteiger partial charge in [-0.15, -0.1) is 0 Å². The molecule has 0 aromatic heterocycles. The van der Waals surface area contributed by atoms with Crippen LogP contribution in [0.3, 0.4) is 0 Å². The molecule has 0 atom stereocenters. The van der Waals surface area contributed by atoms with E-state index >= 15 is 0 Å². The molecule has 0 saturated carbocycles. The van der Waals surface area contributed by atoms with E-state index in [2.05, 4.69) is 26.1 Å². The second kappa shape index (κ2) is 5.76. The molecule has 100 valence electrons. The smallest absolute Gasteiger partial charge is 0.340 e. The van der Waals surface area contributed by atoms with Gasteiger partial charge in [-0.1, -0.05) is 20.8 Å². The summed E-state index contributed by atoms with van der Waals surface area (Å²) in [7, 11) is 0. The number of hydrogen-bond donors (Lipinski definition) is 2. The SMILES string of the molecule is CCOC(=O)c1cc(N)ccc1NCC(C)(C)C. The molecule has 0 aliphatic heterocycles. The highest BCUT2D eigenvalue weighted by Gasteiger charge is 2.15. The van der Waals surface area contributed by atoms with Crippen molar-refractivity contribution in [2.45, 2.75) is 27.7 Å². The van der Waals surface area contributed by atoms with Gasteiger partial charge in [0, 0.05) is 17.9 Å². The molecule has 0 amide bonds. The molecular formula is C14H22N2O2. The maximum Gasteiger partial charge on any atom is 0.340 e. The Labute approximate surface area is 109 Å². The standard InChI is InChI=1S/C14H22N2O2/c1-5-18-13(17)11-8-10(15)6-7-12(11)16-9-14(2,3)4/h6-8,16H,5,9,15H2,1-4H3. The topological polar surface area (TPSA) is 64.3 Å². The van der Waals surface area contributed by atoms with Gasteiger partial charge in [0.2, 0.25) is 0 Å². The number of nitrogens with one attached hydrogen (secondary N) is 1. The van der Waals surface area contributed by atoms with E-state index < -0.39 is 0 Å². The maximum absolute atomic E-state index is 11.8. The molecule has 0 bridgehead atoms. The van der Waals surface area contributed by atoms with Gasteiger partial charge in [0.05, 0.1) is 12.2 Å². The third-order valence-corrected chi connectivity index (χ3v) is 2.35. The summed E-state index contributed by atoms with van der Waals surface area (Å²) in [6.45, 7) is 9.28. The number of benzene rings is 1. The summed E-state index contributed by atoms with van der Waals surface area (Å²) < 4.78 is 5.02. The molecule has 0 saturated heterocycles. The van der Waals surface area contributed by atoms with Crippen LogP contribution in [-0.4, -0.2) is 19.1 Å². The number of nitrogen functional groups attached to an aromatic ring is 1. The lowest BCUT2D eigenvalue weighted by Gasteiger charge is -2.21. The highest BCUT2D eigenvalue weighted by Crippen LogP contribution is 2.22. The van der Waals surface area contributed by atoms with E-state index in [-0.39, 0.29) is 11.4 Å². The van der Waals surface area contributed by atoms with Crippen molar-refractivity contribution < 1.29 is 9.53 Å². The molecule has 0 aliphatic carbocycles. The molecule has 0 spiro atoms. The average molecular weight is 250 g/mol. The van der Waals surface area contributed by atoms with E-state index in [1.165, 1.54) is 0 Å². The van der Waals surface area contributed by atoms with Gasteiger partial charge in [-0.25, -0.2) is 4.79 Å². The zero-order chi connectivity index (χ0) is 13.8. The zero-order valence-corrected chi connectivity index (χ0v) is 11.5. The Kier molecular flexibility index (Phi) is 4.59. The molecule has 18 heavy (non-hydrogen) atoms. The van der Waals surface area contributed by atoms with Gasteiger partial charge in [0.25, 0.3) is 0 Å². The van der Waals surface area contributed by atoms with Gasteiger partial charge in [0.1, 0.15) is 0 Å². The van der Waals surface area contributed by atoms with Crippen LogP contribution in [0, 0.1) is 5.41 Å². The fourth-order valence-corrected chi connectivity index (χ4v) is 1.45. The Bertz CT molecular complexity index is 422. The van der Waals surface area contributed by atoms with Gasteiger partial charge in [0.15, 0.2) is 0 Å². The Morgan fingerprint density at radius 1 is 1.39 bits per heavy atom. The number of carbonyl (C=O) groups excluding carboxylic acids is 1. The zero-order valence-electron chi connectivity index (χ0n) is 11.5. The number of rotatable bonds is 4. The van der Waals surface area contributed by atoms with Crippen molar-refractivity contribution in [1.29, 1.82) is 0 Å². The summed E-state index contributed by atoms with van der Waals surface area (Å²) >= 11 is 0. The molecular weight excluding hydrogens is 228 g/mol. The van der Waals surface area contributed by atoms with E-state index in [9.17, 15) is 4.79 Å². The monoisotopic (exact) mass is 250 g/mol. The van der Waals surface area contributed by atoms with Crippen molar-refractivity contribution >= 4 is 17.3 Å². The summed E-state index contributed by atoms with van der Waals surface area (Å²) in [6.07, 6.45) is 0. The molecule has 0 heterocycles. The van der Waals surface area contributed by atoms with Crippen molar-refractivity contribution in [2.24, 2.45) is 5.41 Å². The Balaban J connectivity index is 2.93. The third-order valence-electron chi connectivity index (χ3n) is 2.35. The molecule has 4 heteroatoms. The van der Waals surface area contributed by atoms with Crippen LogP contribution in [0.2, 0.25) is 0 Å². The lowest BCUT2D eigenvalue weighted by Crippen LogP contribution is -2.20. The summed E-state index contributed by atoms with van der Waals surface area (Å²) in [6, 6.07) is 5.23. The van der Waals surface area contributed by atoms with Gasteiger partial charge in [-0.3, -0.25) is 0 Å². The average Bonchev–Trinajstić information content (AvgIpc) is 2.26. The quantitative estimate of drug-likeness (QED) is 0.637. The molecule has 1 rings (SSSR count). The largest absolute Gasteiger partial charge is 0.462 e. The number of hydrogen-bond acceptors (Lipinski definition) is 4. The molecule has 1 aromatic carbocycles.